The largest absolute Gasteiger partial charge is 0.369 e. The fourth-order valence-corrected chi connectivity index (χ4v) is 4.76. The van der Waals surface area contributed by atoms with Crippen LogP contribution in [0.2, 0.25) is 5.02 Å². The van der Waals surface area contributed by atoms with Crippen LogP contribution in [0, 0.1) is 6.92 Å². The number of halogens is 3. The summed E-state index contributed by atoms with van der Waals surface area (Å²) in [4.78, 5) is 30.0. The maximum Gasteiger partial charge on any atom is 0.290 e. The number of aromatic nitrogens is 2. The van der Waals surface area contributed by atoms with Crippen molar-refractivity contribution < 1.29 is 22.9 Å². The normalized spacial score (nSPS) is 21.1. The van der Waals surface area contributed by atoms with Crippen molar-refractivity contribution in [3.8, 4) is 0 Å². The third-order valence-corrected chi connectivity index (χ3v) is 6.26. The molecule has 1 aromatic heterocycles. The van der Waals surface area contributed by atoms with E-state index in [1.807, 2.05) is 4.90 Å². The number of rotatable bonds is 4. The second-order valence-corrected chi connectivity index (χ2v) is 9.02. The summed E-state index contributed by atoms with van der Waals surface area (Å²) in [6.07, 6.45) is 3.07. The number of thioether (sulfide) groups is 1. The van der Waals surface area contributed by atoms with Gasteiger partial charge >= 0.3 is 0 Å². The Bertz CT molecular complexity index is 1080. The number of anilines is 1. The molecule has 1 N–H and O–H groups in total. The molecule has 1 unspecified atom stereocenters. The van der Waals surface area contributed by atoms with Crippen molar-refractivity contribution >= 4 is 46.3 Å². The molecule has 31 heavy (non-hydrogen) atoms. The van der Waals surface area contributed by atoms with Gasteiger partial charge in [0.25, 0.3) is 17.1 Å². The van der Waals surface area contributed by atoms with Crippen LogP contribution in [0.4, 0.5) is 19.3 Å². The van der Waals surface area contributed by atoms with Gasteiger partial charge < -0.3 is 9.42 Å². The van der Waals surface area contributed by atoms with Crippen LogP contribution in [0.1, 0.15) is 48.5 Å². The highest BCUT2D eigenvalue weighted by Gasteiger charge is 2.32. The van der Waals surface area contributed by atoms with E-state index in [0.29, 0.717) is 36.1 Å². The predicted octanol–water partition coefficient (Wildman–Crippen LogP) is 4.85. The molecule has 1 atom stereocenters. The Morgan fingerprint density at radius 1 is 1.39 bits per heavy atom. The summed E-state index contributed by atoms with van der Waals surface area (Å²) < 4.78 is 33.5. The summed E-state index contributed by atoms with van der Waals surface area (Å²) in [5.74, 6) is -2.67. The van der Waals surface area contributed by atoms with E-state index in [9.17, 15) is 18.4 Å². The number of nitrogens with zero attached hydrogens (tertiary/aromatic N) is 3. The van der Waals surface area contributed by atoms with E-state index in [1.165, 1.54) is 18.2 Å². The van der Waals surface area contributed by atoms with Crippen LogP contribution < -0.4 is 10.2 Å². The molecule has 0 spiro atoms. The molecule has 7 nitrogen and oxygen atoms in total. The standard InChI is InChI=1S/C20H19ClF2N4O3S/c1-10-24-18(30-26-10)11-4-3-5-27(9-11)16-12(7-15-17(28)25-19(29)31-15)6-13(8-14(16)21)20(2,22)23/h6-8,11H,3-5,9H2,1-2H3,(H,25,28,29)/b15-7-. The molecule has 2 aromatic rings. The Kier molecular flexibility index (Phi) is 5.78. The topological polar surface area (TPSA) is 88.3 Å². The van der Waals surface area contributed by atoms with Crippen molar-refractivity contribution in [2.24, 2.45) is 0 Å². The van der Waals surface area contributed by atoms with Gasteiger partial charge in [0.2, 0.25) is 5.89 Å². The van der Waals surface area contributed by atoms with Crippen LogP contribution in [0.3, 0.4) is 0 Å². The predicted molar refractivity (Wildman–Crippen MR) is 113 cm³/mol. The first-order valence-electron chi connectivity index (χ1n) is 9.63. The van der Waals surface area contributed by atoms with Crippen molar-refractivity contribution in [1.82, 2.24) is 15.5 Å². The number of carbonyl (C=O) groups excluding carboxylic acids is 2. The second-order valence-electron chi connectivity index (χ2n) is 7.60. The molecule has 2 aliphatic rings. The van der Waals surface area contributed by atoms with E-state index in [2.05, 4.69) is 15.5 Å². The average Bonchev–Trinajstić information content (AvgIpc) is 3.25. The number of benzene rings is 1. The van der Waals surface area contributed by atoms with Crippen LogP contribution in [0.5, 0.6) is 0 Å². The van der Waals surface area contributed by atoms with Gasteiger partial charge in [0, 0.05) is 31.1 Å². The molecule has 0 bridgehead atoms. The van der Waals surface area contributed by atoms with Crippen molar-refractivity contribution in [2.75, 3.05) is 18.0 Å². The number of nitrogens with one attached hydrogen (secondary N) is 1. The lowest BCUT2D eigenvalue weighted by molar-refractivity contribution is -0.115. The zero-order valence-electron chi connectivity index (χ0n) is 16.7. The summed E-state index contributed by atoms with van der Waals surface area (Å²) in [5.41, 5.74) is 0.596. The number of hydrogen-bond acceptors (Lipinski definition) is 7. The molecular weight excluding hydrogens is 450 g/mol. The molecule has 2 aliphatic heterocycles. The molecule has 0 radical (unpaired) electrons. The van der Waals surface area contributed by atoms with E-state index in [0.717, 1.165) is 31.5 Å². The second kappa shape index (κ2) is 8.23. The molecule has 2 fully saturated rings. The SMILES string of the molecule is Cc1noc(C2CCCN(c3c(Cl)cc(C(C)(F)F)cc3/C=C3\SC(=O)NC3=O)C2)n1. The molecule has 2 saturated heterocycles. The minimum absolute atomic E-state index is 0.0375. The lowest BCUT2D eigenvalue weighted by Crippen LogP contribution is -2.35. The molecule has 2 amide bonds. The van der Waals surface area contributed by atoms with Gasteiger partial charge in [-0.25, -0.2) is 8.78 Å². The summed E-state index contributed by atoms with van der Waals surface area (Å²) >= 11 is 7.21. The monoisotopic (exact) mass is 468 g/mol. The number of piperidine rings is 1. The van der Waals surface area contributed by atoms with Crippen LogP contribution >= 0.6 is 23.4 Å². The van der Waals surface area contributed by atoms with Gasteiger partial charge in [-0.15, -0.1) is 0 Å². The molecule has 0 saturated carbocycles. The number of imide groups is 1. The van der Waals surface area contributed by atoms with Gasteiger partial charge in [0.15, 0.2) is 5.82 Å². The van der Waals surface area contributed by atoms with Gasteiger partial charge in [0.1, 0.15) is 0 Å². The Labute approximate surface area is 186 Å². The van der Waals surface area contributed by atoms with Gasteiger partial charge in [-0.05, 0) is 49.7 Å². The van der Waals surface area contributed by atoms with Crippen molar-refractivity contribution in [1.29, 1.82) is 0 Å². The van der Waals surface area contributed by atoms with Crippen molar-refractivity contribution in [3.63, 3.8) is 0 Å². The van der Waals surface area contributed by atoms with Gasteiger partial charge in [-0.2, -0.15) is 4.98 Å². The lowest BCUT2D eigenvalue weighted by atomic mass is 9.95. The number of amides is 2. The molecule has 0 aliphatic carbocycles. The number of carbonyl (C=O) groups is 2. The quantitative estimate of drug-likeness (QED) is 0.641. The van der Waals surface area contributed by atoms with Gasteiger partial charge in [-0.3, -0.25) is 14.9 Å². The summed E-state index contributed by atoms with van der Waals surface area (Å²) in [5, 5.41) is 5.65. The third-order valence-electron chi connectivity index (χ3n) is 5.16. The Hall–Kier alpha value is -2.46. The van der Waals surface area contributed by atoms with Crippen molar-refractivity contribution in [3.05, 3.63) is 44.9 Å². The van der Waals surface area contributed by atoms with E-state index in [1.54, 1.807) is 6.92 Å². The van der Waals surface area contributed by atoms with E-state index >= 15 is 0 Å². The van der Waals surface area contributed by atoms with Crippen LogP contribution in [-0.2, 0) is 10.7 Å². The minimum atomic E-state index is -3.12. The van der Waals surface area contributed by atoms with Gasteiger partial charge in [0.05, 0.1) is 21.5 Å². The highest BCUT2D eigenvalue weighted by atomic mass is 35.5. The zero-order chi connectivity index (χ0) is 22.3. The van der Waals surface area contributed by atoms with Crippen LogP contribution in [0.25, 0.3) is 6.08 Å². The summed E-state index contributed by atoms with van der Waals surface area (Å²) in [6.45, 7) is 3.66. The van der Waals surface area contributed by atoms with Crippen LogP contribution in [-0.4, -0.2) is 34.4 Å². The van der Waals surface area contributed by atoms with Gasteiger partial charge in [-0.1, -0.05) is 16.8 Å². The Morgan fingerprint density at radius 3 is 2.77 bits per heavy atom. The third kappa shape index (κ3) is 4.59. The molecule has 1 aromatic carbocycles. The van der Waals surface area contributed by atoms with Crippen LogP contribution in [0.15, 0.2) is 21.6 Å². The molecule has 3 heterocycles. The zero-order valence-corrected chi connectivity index (χ0v) is 18.3. The highest BCUT2D eigenvalue weighted by molar-refractivity contribution is 8.18. The summed E-state index contributed by atoms with van der Waals surface area (Å²) in [7, 11) is 0. The first kappa shape index (κ1) is 21.8. The van der Waals surface area contributed by atoms with E-state index in [-0.39, 0.29) is 21.4 Å². The first-order valence-corrected chi connectivity index (χ1v) is 10.8. The number of aryl methyl sites for hydroxylation is 1. The molecular formula is C20H19ClF2N4O3S. The maximum atomic E-state index is 14.1. The average molecular weight is 469 g/mol. The molecule has 4 rings (SSSR count). The lowest BCUT2D eigenvalue weighted by Gasteiger charge is -2.35. The smallest absolute Gasteiger partial charge is 0.290 e. The van der Waals surface area contributed by atoms with E-state index < -0.39 is 17.1 Å². The Balaban J connectivity index is 1.76. The van der Waals surface area contributed by atoms with E-state index in [4.69, 9.17) is 16.1 Å². The maximum absolute atomic E-state index is 14.1. The summed E-state index contributed by atoms with van der Waals surface area (Å²) in [6, 6.07) is 2.55. The number of alkyl halides is 2. The number of hydrogen-bond donors (Lipinski definition) is 1. The molecule has 164 valence electrons. The first-order chi connectivity index (χ1) is 14.6. The fourth-order valence-electron chi connectivity index (χ4n) is 3.74. The minimum Gasteiger partial charge on any atom is -0.369 e. The fraction of sp³-hybridized carbons (Fsp3) is 0.400. The Morgan fingerprint density at radius 2 is 2.16 bits per heavy atom. The molecule has 11 heteroatoms. The highest BCUT2D eigenvalue weighted by Crippen LogP contribution is 2.41. The van der Waals surface area contributed by atoms with Crippen molar-refractivity contribution in [2.45, 2.75) is 38.5 Å².